The van der Waals surface area contributed by atoms with E-state index in [-0.39, 0.29) is 11.6 Å². The Morgan fingerprint density at radius 2 is 1.93 bits per heavy atom. The largest absolute Gasteiger partial charge is 0.366 e. The van der Waals surface area contributed by atoms with Crippen molar-refractivity contribution in [3.05, 3.63) is 27.2 Å². The van der Waals surface area contributed by atoms with Crippen molar-refractivity contribution in [3.63, 3.8) is 0 Å². The molecule has 2 aliphatic carbocycles. The number of sulfonamides is 1. The highest BCUT2D eigenvalue weighted by atomic mass is 79.9. The van der Waals surface area contributed by atoms with E-state index < -0.39 is 14.8 Å². The minimum absolute atomic E-state index is 0.170. The predicted octanol–water partition coefficient (Wildman–Crippen LogP) is 5.15. The summed E-state index contributed by atoms with van der Waals surface area (Å²) in [6.45, 7) is 7.11. The Labute approximate surface area is 181 Å². The molecule has 5 rings (SSSR count). The summed E-state index contributed by atoms with van der Waals surface area (Å²) in [6.07, 6.45) is 5.27. The molecule has 0 N–H and O–H groups in total. The van der Waals surface area contributed by atoms with E-state index in [4.69, 9.17) is 11.6 Å². The third-order valence-electron chi connectivity index (χ3n) is 7.41. The van der Waals surface area contributed by atoms with Gasteiger partial charge in [0.1, 0.15) is 0 Å². The number of fused-ring (bicyclic) bond motifs is 3. The Kier molecular flexibility index (Phi) is 4.29. The maximum Gasteiger partial charge on any atom is 0.219 e. The lowest BCUT2D eigenvalue weighted by Gasteiger charge is -2.46. The van der Waals surface area contributed by atoms with Gasteiger partial charge in [-0.25, -0.2) is 8.42 Å². The molecule has 0 bridgehead atoms. The van der Waals surface area contributed by atoms with Gasteiger partial charge in [0.15, 0.2) is 0 Å². The van der Waals surface area contributed by atoms with E-state index in [0.29, 0.717) is 18.4 Å². The zero-order valence-electron chi connectivity index (χ0n) is 16.7. The standard InChI is InChI=1S/C21H28BrClN2O2S/c1-20(2,3)28(26,27)25-12-15(10-21(25)5-4-6-21)24-11-13-7-16(13)17-8-14(23)9-18(22)19(17)24/h8-9,13,15-16H,4-7,10-12H2,1-3H3. The van der Waals surface area contributed by atoms with Crippen molar-refractivity contribution in [3.8, 4) is 0 Å². The van der Waals surface area contributed by atoms with Crippen molar-refractivity contribution in [1.82, 2.24) is 4.31 Å². The molecule has 1 spiro atoms. The second kappa shape index (κ2) is 6.12. The highest BCUT2D eigenvalue weighted by Gasteiger charge is 2.58. The van der Waals surface area contributed by atoms with Gasteiger partial charge in [0, 0.05) is 34.2 Å². The third kappa shape index (κ3) is 2.74. The second-order valence-corrected chi connectivity index (χ2v) is 14.1. The molecule has 2 aliphatic heterocycles. The van der Waals surface area contributed by atoms with E-state index >= 15 is 0 Å². The lowest BCUT2D eigenvalue weighted by molar-refractivity contribution is 0.125. The number of benzene rings is 1. The number of hydrogen-bond acceptors (Lipinski definition) is 3. The van der Waals surface area contributed by atoms with E-state index in [1.54, 1.807) is 0 Å². The summed E-state index contributed by atoms with van der Waals surface area (Å²) in [5.41, 5.74) is 2.42. The molecular weight excluding hydrogens is 460 g/mol. The lowest BCUT2D eigenvalue weighted by atomic mass is 9.75. The molecule has 7 heteroatoms. The summed E-state index contributed by atoms with van der Waals surface area (Å²) in [5, 5.41) is 0.775. The van der Waals surface area contributed by atoms with Crippen LogP contribution in [0.15, 0.2) is 16.6 Å². The monoisotopic (exact) mass is 486 g/mol. The Hall–Kier alpha value is -0.300. The van der Waals surface area contributed by atoms with Crippen LogP contribution in [0.2, 0.25) is 5.02 Å². The van der Waals surface area contributed by atoms with Crippen LogP contribution in [0.5, 0.6) is 0 Å². The molecule has 2 heterocycles. The summed E-state index contributed by atoms with van der Waals surface area (Å²) < 4.78 is 29.0. The lowest BCUT2D eigenvalue weighted by Crippen LogP contribution is -2.56. The van der Waals surface area contributed by atoms with Crippen molar-refractivity contribution in [1.29, 1.82) is 0 Å². The van der Waals surface area contributed by atoms with Crippen molar-refractivity contribution in [2.24, 2.45) is 5.92 Å². The molecule has 154 valence electrons. The topological polar surface area (TPSA) is 40.6 Å². The van der Waals surface area contributed by atoms with Gasteiger partial charge in [-0.3, -0.25) is 0 Å². The van der Waals surface area contributed by atoms with Gasteiger partial charge in [-0.1, -0.05) is 11.6 Å². The fourth-order valence-corrected chi connectivity index (χ4v) is 8.46. The Morgan fingerprint density at radius 3 is 2.54 bits per heavy atom. The summed E-state index contributed by atoms with van der Waals surface area (Å²) in [5.74, 6) is 1.30. The molecule has 28 heavy (non-hydrogen) atoms. The number of hydrogen-bond donors (Lipinski definition) is 0. The van der Waals surface area contributed by atoms with E-state index in [9.17, 15) is 8.42 Å². The number of rotatable bonds is 2. The molecule has 1 saturated heterocycles. The van der Waals surface area contributed by atoms with Crippen LogP contribution >= 0.6 is 27.5 Å². The van der Waals surface area contributed by atoms with Crippen LogP contribution in [0.3, 0.4) is 0 Å². The first kappa shape index (κ1) is 19.7. The van der Waals surface area contributed by atoms with E-state index in [1.807, 2.05) is 31.1 Å². The summed E-state index contributed by atoms with van der Waals surface area (Å²) in [4.78, 5) is 2.50. The number of anilines is 1. The fraction of sp³-hybridized carbons (Fsp3) is 0.714. The number of nitrogens with zero attached hydrogens (tertiary/aromatic N) is 2. The fourth-order valence-electron chi connectivity index (χ4n) is 5.60. The molecule has 1 aromatic carbocycles. The first-order valence-corrected chi connectivity index (χ1v) is 12.9. The molecule has 0 amide bonds. The molecule has 1 aromatic rings. The third-order valence-corrected chi connectivity index (χ3v) is 10.9. The van der Waals surface area contributed by atoms with Gasteiger partial charge >= 0.3 is 0 Å². The molecule has 4 nitrogen and oxygen atoms in total. The molecule has 3 fully saturated rings. The molecule has 3 unspecified atom stereocenters. The Bertz CT molecular complexity index is 938. The van der Waals surface area contributed by atoms with Crippen molar-refractivity contribution in [2.75, 3.05) is 18.0 Å². The summed E-state index contributed by atoms with van der Waals surface area (Å²) >= 11 is 10.1. The summed E-state index contributed by atoms with van der Waals surface area (Å²) in [6, 6.07) is 4.33. The first-order chi connectivity index (χ1) is 13.0. The van der Waals surface area contributed by atoms with Crippen LogP contribution in [0.1, 0.15) is 64.4 Å². The SMILES string of the molecule is CC(C)(C)S(=O)(=O)N1CC(N2CC3CC3c3cc(Cl)cc(Br)c32)CC12CCC2. The van der Waals surface area contributed by atoms with E-state index in [2.05, 4.69) is 26.9 Å². The van der Waals surface area contributed by atoms with Crippen molar-refractivity contribution < 1.29 is 8.42 Å². The maximum atomic E-state index is 13.4. The average molecular weight is 488 g/mol. The quantitative estimate of drug-likeness (QED) is 0.579. The van der Waals surface area contributed by atoms with Gasteiger partial charge in [0.2, 0.25) is 10.0 Å². The molecule has 3 atom stereocenters. The smallest absolute Gasteiger partial charge is 0.219 e. The molecule has 0 radical (unpaired) electrons. The van der Waals surface area contributed by atoms with Gasteiger partial charge in [-0.15, -0.1) is 0 Å². The molecule has 2 saturated carbocycles. The van der Waals surface area contributed by atoms with Crippen LogP contribution in [-0.2, 0) is 10.0 Å². The van der Waals surface area contributed by atoms with Crippen molar-refractivity contribution >= 4 is 43.2 Å². The Balaban J connectivity index is 1.53. The van der Waals surface area contributed by atoms with Crippen LogP contribution < -0.4 is 4.90 Å². The average Bonchev–Trinajstić information content (AvgIpc) is 3.21. The van der Waals surface area contributed by atoms with Gasteiger partial charge in [0.05, 0.1) is 10.4 Å². The van der Waals surface area contributed by atoms with Crippen LogP contribution in [0, 0.1) is 5.92 Å². The number of halogens is 2. The maximum absolute atomic E-state index is 13.4. The van der Waals surface area contributed by atoms with E-state index in [1.165, 1.54) is 17.7 Å². The highest BCUT2D eigenvalue weighted by Crippen LogP contribution is 2.59. The molecular formula is C21H28BrClN2O2S. The molecule has 4 aliphatic rings. The normalized spacial score (nSPS) is 31.5. The first-order valence-electron chi connectivity index (χ1n) is 10.3. The van der Waals surface area contributed by atoms with E-state index in [0.717, 1.165) is 41.7 Å². The predicted molar refractivity (Wildman–Crippen MR) is 118 cm³/mol. The van der Waals surface area contributed by atoms with Crippen LogP contribution in [0.4, 0.5) is 5.69 Å². The zero-order chi connectivity index (χ0) is 20.1. The summed E-state index contributed by atoms with van der Waals surface area (Å²) in [7, 11) is -3.34. The van der Waals surface area contributed by atoms with Crippen LogP contribution in [0.25, 0.3) is 0 Å². The molecule has 0 aromatic heterocycles. The van der Waals surface area contributed by atoms with Crippen LogP contribution in [-0.4, -0.2) is 42.1 Å². The van der Waals surface area contributed by atoms with Gasteiger partial charge < -0.3 is 4.90 Å². The van der Waals surface area contributed by atoms with Crippen molar-refractivity contribution in [2.45, 2.75) is 75.1 Å². The van der Waals surface area contributed by atoms with Gasteiger partial charge in [-0.2, -0.15) is 4.31 Å². The minimum atomic E-state index is -3.34. The second-order valence-electron chi connectivity index (χ2n) is 10.2. The van der Waals surface area contributed by atoms with Gasteiger partial charge in [-0.05, 0) is 98.3 Å². The Morgan fingerprint density at radius 1 is 1.21 bits per heavy atom. The zero-order valence-corrected chi connectivity index (χ0v) is 19.9. The highest BCUT2D eigenvalue weighted by molar-refractivity contribution is 9.10. The van der Waals surface area contributed by atoms with Gasteiger partial charge in [0.25, 0.3) is 0 Å². The minimum Gasteiger partial charge on any atom is -0.366 e.